The normalized spacial score (nSPS) is 9.79. The van der Waals surface area contributed by atoms with E-state index in [4.69, 9.17) is 16.2 Å². The van der Waals surface area contributed by atoms with Crippen LogP contribution in [0, 0.1) is 6.92 Å². The molecule has 0 spiro atoms. The summed E-state index contributed by atoms with van der Waals surface area (Å²) in [5.74, 6) is 0.225. The summed E-state index contributed by atoms with van der Waals surface area (Å²) in [7, 11) is 0. The first-order valence-electron chi connectivity index (χ1n) is 4.37. The van der Waals surface area contributed by atoms with Crippen LogP contribution in [0.4, 0.5) is 5.69 Å². The van der Waals surface area contributed by atoms with Crippen LogP contribution >= 0.6 is 0 Å². The Balaban J connectivity index is 2.57. The fraction of sp³-hybridized carbons (Fsp3) is 0.300. The standard InChI is InChI=1S/C10H14N2O2/c1-7-2-3-8(11)9(6-7)14-5-4-10(12)13/h2-3,6H,4-5,11H2,1H3,(H2,12,13). The Morgan fingerprint density at radius 2 is 2.21 bits per heavy atom. The molecule has 0 aliphatic rings. The molecular weight excluding hydrogens is 180 g/mol. The molecule has 14 heavy (non-hydrogen) atoms. The second-order valence-corrected chi connectivity index (χ2v) is 3.11. The maximum absolute atomic E-state index is 10.5. The van der Waals surface area contributed by atoms with Gasteiger partial charge in [0.1, 0.15) is 5.75 Å². The second-order valence-electron chi connectivity index (χ2n) is 3.11. The van der Waals surface area contributed by atoms with Crippen molar-refractivity contribution in [3.63, 3.8) is 0 Å². The molecule has 0 bridgehead atoms. The van der Waals surface area contributed by atoms with E-state index < -0.39 is 0 Å². The van der Waals surface area contributed by atoms with Gasteiger partial charge in [-0.25, -0.2) is 0 Å². The number of ether oxygens (including phenoxy) is 1. The molecule has 76 valence electrons. The maximum atomic E-state index is 10.5. The number of nitrogen functional groups attached to an aromatic ring is 1. The number of hydrogen-bond acceptors (Lipinski definition) is 3. The number of amides is 1. The second kappa shape index (κ2) is 4.50. The average molecular weight is 194 g/mol. The third kappa shape index (κ3) is 2.97. The van der Waals surface area contributed by atoms with Crippen molar-refractivity contribution in [2.24, 2.45) is 5.73 Å². The smallest absolute Gasteiger partial charge is 0.220 e. The Hall–Kier alpha value is -1.71. The van der Waals surface area contributed by atoms with Crippen LogP contribution in [0.15, 0.2) is 18.2 Å². The van der Waals surface area contributed by atoms with Crippen molar-refractivity contribution < 1.29 is 9.53 Å². The van der Waals surface area contributed by atoms with Gasteiger partial charge in [0, 0.05) is 0 Å². The van der Waals surface area contributed by atoms with Gasteiger partial charge in [0.2, 0.25) is 5.91 Å². The van der Waals surface area contributed by atoms with Gasteiger partial charge in [-0.05, 0) is 24.6 Å². The number of anilines is 1. The minimum Gasteiger partial charge on any atom is -0.491 e. The molecule has 0 radical (unpaired) electrons. The topological polar surface area (TPSA) is 78.3 Å². The zero-order valence-electron chi connectivity index (χ0n) is 8.12. The van der Waals surface area contributed by atoms with E-state index in [9.17, 15) is 4.79 Å². The van der Waals surface area contributed by atoms with Gasteiger partial charge < -0.3 is 16.2 Å². The van der Waals surface area contributed by atoms with Crippen LogP contribution in [-0.4, -0.2) is 12.5 Å². The highest BCUT2D eigenvalue weighted by Crippen LogP contribution is 2.22. The highest BCUT2D eigenvalue weighted by atomic mass is 16.5. The van der Waals surface area contributed by atoms with Crippen LogP contribution in [-0.2, 0) is 4.79 Å². The fourth-order valence-corrected chi connectivity index (χ4v) is 1.03. The number of nitrogens with two attached hydrogens (primary N) is 2. The zero-order valence-corrected chi connectivity index (χ0v) is 8.12. The molecule has 0 saturated heterocycles. The summed E-state index contributed by atoms with van der Waals surface area (Å²) < 4.78 is 5.30. The molecular formula is C10H14N2O2. The molecule has 0 saturated carbocycles. The molecule has 0 aromatic heterocycles. The molecule has 0 fully saturated rings. The minimum absolute atomic E-state index is 0.202. The van der Waals surface area contributed by atoms with E-state index in [-0.39, 0.29) is 18.9 Å². The van der Waals surface area contributed by atoms with E-state index in [1.54, 1.807) is 6.07 Å². The molecule has 4 heteroatoms. The van der Waals surface area contributed by atoms with Crippen molar-refractivity contribution in [1.29, 1.82) is 0 Å². The van der Waals surface area contributed by atoms with Crippen LogP contribution in [0.5, 0.6) is 5.75 Å². The van der Waals surface area contributed by atoms with Crippen LogP contribution in [0.1, 0.15) is 12.0 Å². The van der Waals surface area contributed by atoms with E-state index in [0.29, 0.717) is 11.4 Å². The minimum atomic E-state index is -0.378. The lowest BCUT2D eigenvalue weighted by Gasteiger charge is -2.08. The number of primary amides is 1. The maximum Gasteiger partial charge on any atom is 0.220 e. The lowest BCUT2D eigenvalue weighted by Crippen LogP contribution is -2.14. The van der Waals surface area contributed by atoms with E-state index in [0.717, 1.165) is 5.56 Å². The molecule has 1 amide bonds. The largest absolute Gasteiger partial charge is 0.491 e. The van der Waals surface area contributed by atoms with E-state index in [1.165, 1.54) is 0 Å². The van der Waals surface area contributed by atoms with Crippen molar-refractivity contribution in [2.75, 3.05) is 12.3 Å². The van der Waals surface area contributed by atoms with Crippen LogP contribution < -0.4 is 16.2 Å². The van der Waals surface area contributed by atoms with Gasteiger partial charge in [-0.3, -0.25) is 4.79 Å². The van der Waals surface area contributed by atoms with Gasteiger partial charge >= 0.3 is 0 Å². The first-order chi connectivity index (χ1) is 6.59. The van der Waals surface area contributed by atoms with Gasteiger partial charge in [0.05, 0.1) is 18.7 Å². The van der Waals surface area contributed by atoms with E-state index in [2.05, 4.69) is 0 Å². The van der Waals surface area contributed by atoms with Crippen molar-refractivity contribution in [3.8, 4) is 5.75 Å². The fourth-order valence-electron chi connectivity index (χ4n) is 1.03. The summed E-state index contributed by atoms with van der Waals surface area (Å²) in [5.41, 5.74) is 12.3. The summed E-state index contributed by atoms with van der Waals surface area (Å²) in [4.78, 5) is 10.5. The molecule has 0 aliphatic heterocycles. The van der Waals surface area contributed by atoms with Crippen molar-refractivity contribution in [1.82, 2.24) is 0 Å². The van der Waals surface area contributed by atoms with Gasteiger partial charge in [-0.1, -0.05) is 6.07 Å². The summed E-state index contributed by atoms with van der Waals surface area (Å²) in [6.45, 7) is 2.21. The molecule has 0 unspecified atom stereocenters. The quantitative estimate of drug-likeness (QED) is 0.697. The number of carbonyl (C=O) groups is 1. The van der Waals surface area contributed by atoms with Crippen molar-refractivity contribution in [3.05, 3.63) is 23.8 Å². The average Bonchev–Trinajstić information content (AvgIpc) is 2.10. The van der Waals surface area contributed by atoms with E-state index in [1.807, 2.05) is 19.1 Å². The Kier molecular flexibility index (Phi) is 3.34. The molecule has 4 N–H and O–H groups in total. The Morgan fingerprint density at radius 1 is 1.50 bits per heavy atom. The predicted octanol–water partition coefficient (Wildman–Crippen LogP) is 0.831. The summed E-state index contributed by atoms with van der Waals surface area (Å²) >= 11 is 0. The molecule has 1 aromatic carbocycles. The zero-order chi connectivity index (χ0) is 10.6. The van der Waals surface area contributed by atoms with E-state index >= 15 is 0 Å². The monoisotopic (exact) mass is 194 g/mol. The van der Waals surface area contributed by atoms with Gasteiger partial charge in [-0.2, -0.15) is 0 Å². The molecule has 1 aromatic rings. The van der Waals surface area contributed by atoms with Gasteiger partial charge in [0.25, 0.3) is 0 Å². The third-order valence-electron chi connectivity index (χ3n) is 1.78. The summed E-state index contributed by atoms with van der Waals surface area (Å²) in [6.07, 6.45) is 0.202. The van der Waals surface area contributed by atoms with Crippen LogP contribution in [0.2, 0.25) is 0 Å². The van der Waals surface area contributed by atoms with Gasteiger partial charge in [0.15, 0.2) is 0 Å². The number of rotatable bonds is 4. The number of aryl methyl sites for hydroxylation is 1. The Bertz CT molecular complexity index is 337. The highest BCUT2D eigenvalue weighted by Gasteiger charge is 2.01. The molecule has 4 nitrogen and oxygen atoms in total. The van der Waals surface area contributed by atoms with Gasteiger partial charge in [-0.15, -0.1) is 0 Å². The SMILES string of the molecule is Cc1ccc(N)c(OCCC(N)=O)c1. The first-order valence-corrected chi connectivity index (χ1v) is 4.37. The number of hydrogen-bond donors (Lipinski definition) is 2. The Morgan fingerprint density at radius 3 is 2.86 bits per heavy atom. The molecule has 0 aliphatic carbocycles. The van der Waals surface area contributed by atoms with Crippen LogP contribution in [0.25, 0.3) is 0 Å². The third-order valence-corrected chi connectivity index (χ3v) is 1.78. The number of benzene rings is 1. The lowest BCUT2D eigenvalue weighted by atomic mass is 10.2. The van der Waals surface area contributed by atoms with Crippen molar-refractivity contribution in [2.45, 2.75) is 13.3 Å². The molecule has 1 rings (SSSR count). The first kappa shape index (κ1) is 10.4. The Labute approximate surface area is 82.8 Å². The predicted molar refractivity (Wildman–Crippen MR) is 54.9 cm³/mol. The van der Waals surface area contributed by atoms with Crippen LogP contribution in [0.3, 0.4) is 0 Å². The highest BCUT2D eigenvalue weighted by molar-refractivity contribution is 5.73. The summed E-state index contributed by atoms with van der Waals surface area (Å²) in [6, 6.07) is 5.50. The lowest BCUT2D eigenvalue weighted by molar-refractivity contribution is -0.118. The van der Waals surface area contributed by atoms with Crippen molar-refractivity contribution >= 4 is 11.6 Å². The molecule has 0 heterocycles. The summed E-state index contributed by atoms with van der Waals surface area (Å²) in [5, 5.41) is 0. The molecule has 0 atom stereocenters. The number of carbonyl (C=O) groups excluding carboxylic acids is 1.